The molecule has 3 heterocycles. The zero-order valence-corrected chi connectivity index (χ0v) is 14.4. The van der Waals surface area contributed by atoms with E-state index >= 15 is 0 Å². The molecule has 2 aromatic rings. The van der Waals surface area contributed by atoms with Gasteiger partial charge in [0, 0.05) is 19.6 Å². The summed E-state index contributed by atoms with van der Waals surface area (Å²) in [4.78, 5) is 14.3. The highest BCUT2D eigenvalue weighted by Crippen LogP contribution is 2.23. The van der Waals surface area contributed by atoms with Crippen LogP contribution >= 0.6 is 0 Å². The molecule has 4 rings (SSSR count). The van der Waals surface area contributed by atoms with E-state index in [9.17, 15) is 9.18 Å². The molecule has 138 valence electrons. The van der Waals surface area contributed by atoms with Crippen LogP contribution in [0.25, 0.3) is 0 Å². The van der Waals surface area contributed by atoms with Crippen molar-refractivity contribution in [2.75, 3.05) is 32.8 Å². The summed E-state index contributed by atoms with van der Waals surface area (Å²) in [6.45, 7) is 3.74. The molecule has 1 N–H and O–H groups in total. The van der Waals surface area contributed by atoms with Crippen molar-refractivity contribution in [1.29, 1.82) is 0 Å². The van der Waals surface area contributed by atoms with Gasteiger partial charge in [-0.15, -0.1) is 0 Å². The molecule has 0 bridgehead atoms. The van der Waals surface area contributed by atoms with Crippen LogP contribution in [0.4, 0.5) is 4.39 Å². The SMILES string of the molecule is O=C(COc1cnn2c1CNCC2)N1CCOC(c2ccc(F)cc2)C1. The number of morpholine rings is 1. The molecule has 0 radical (unpaired) electrons. The molecule has 1 atom stereocenters. The molecule has 1 fully saturated rings. The van der Waals surface area contributed by atoms with E-state index in [-0.39, 0.29) is 24.4 Å². The van der Waals surface area contributed by atoms with Crippen LogP contribution in [0.15, 0.2) is 30.5 Å². The molecule has 1 aromatic carbocycles. The van der Waals surface area contributed by atoms with Crippen LogP contribution in [0.2, 0.25) is 0 Å². The topological polar surface area (TPSA) is 68.6 Å². The maximum atomic E-state index is 13.1. The molecular formula is C18H21FN4O3. The minimum atomic E-state index is -0.287. The van der Waals surface area contributed by atoms with Gasteiger partial charge < -0.3 is 19.7 Å². The Morgan fingerprint density at radius 1 is 1.35 bits per heavy atom. The van der Waals surface area contributed by atoms with Gasteiger partial charge in [0.05, 0.1) is 31.6 Å². The van der Waals surface area contributed by atoms with Crippen molar-refractivity contribution in [1.82, 2.24) is 20.0 Å². The number of ether oxygens (including phenoxy) is 2. The highest BCUT2D eigenvalue weighted by Gasteiger charge is 2.26. The summed E-state index contributed by atoms with van der Waals surface area (Å²) in [6.07, 6.45) is 1.41. The predicted octanol–water partition coefficient (Wildman–Crippen LogP) is 1.10. The van der Waals surface area contributed by atoms with Gasteiger partial charge >= 0.3 is 0 Å². The van der Waals surface area contributed by atoms with Gasteiger partial charge in [-0.25, -0.2) is 4.39 Å². The number of nitrogens with zero attached hydrogens (tertiary/aromatic N) is 3. The van der Waals surface area contributed by atoms with E-state index in [2.05, 4.69) is 10.4 Å². The van der Waals surface area contributed by atoms with E-state index in [1.54, 1.807) is 23.2 Å². The molecule has 0 aliphatic carbocycles. The van der Waals surface area contributed by atoms with Crippen LogP contribution in [0.3, 0.4) is 0 Å². The summed E-state index contributed by atoms with van der Waals surface area (Å²) >= 11 is 0. The third-order valence-electron chi connectivity index (χ3n) is 4.72. The van der Waals surface area contributed by atoms with Crippen molar-refractivity contribution in [3.05, 3.63) is 47.5 Å². The fourth-order valence-electron chi connectivity index (χ4n) is 3.26. The zero-order chi connectivity index (χ0) is 17.9. The Kier molecular flexibility index (Phi) is 4.85. The second-order valence-corrected chi connectivity index (χ2v) is 6.39. The molecule has 0 spiro atoms. The molecule has 1 unspecified atom stereocenters. The monoisotopic (exact) mass is 360 g/mol. The summed E-state index contributed by atoms with van der Waals surface area (Å²) in [5, 5.41) is 7.55. The number of hydrogen-bond acceptors (Lipinski definition) is 5. The maximum Gasteiger partial charge on any atom is 0.260 e. The van der Waals surface area contributed by atoms with Crippen molar-refractivity contribution in [3.63, 3.8) is 0 Å². The van der Waals surface area contributed by atoms with Crippen molar-refractivity contribution in [2.24, 2.45) is 0 Å². The first kappa shape index (κ1) is 17.0. The van der Waals surface area contributed by atoms with Gasteiger partial charge in [0.25, 0.3) is 5.91 Å². The fraction of sp³-hybridized carbons (Fsp3) is 0.444. The van der Waals surface area contributed by atoms with E-state index in [0.29, 0.717) is 32.0 Å². The van der Waals surface area contributed by atoms with Crippen molar-refractivity contribution in [3.8, 4) is 5.75 Å². The van der Waals surface area contributed by atoms with Crippen LogP contribution < -0.4 is 10.1 Å². The van der Waals surface area contributed by atoms with Crippen molar-refractivity contribution >= 4 is 5.91 Å². The summed E-state index contributed by atoms with van der Waals surface area (Å²) in [6, 6.07) is 6.19. The summed E-state index contributed by atoms with van der Waals surface area (Å²) < 4.78 is 26.4. The second-order valence-electron chi connectivity index (χ2n) is 6.39. The number of hydrogen-bond donors (Lipinski definition) is 1. The highest BCUT2D eigenvalue weighted by molar-refractivity contribution is 5.78. The normalized spacial score (nSPS) is 19.9. The number of carbonyl (C=O) groups excluding carboxylic acids is 1. The lowest BCUT2D eigenvalue weighted by molar-refractivity contribution is -0.141. The van der Waals surface area contributed by atoms with Gasteiger partial charge in [0.1, 0.15) is 11.9 Å². The van der Waals surface area contributed by atoms with E-state index in [4.69, 9.17) is 9.47 Å². The Balaban J connectivity index is 1.35. The molecule has 26 heavy (non-hydrogen) atoms. The first-order valence-corrected chi connectivity index (χ1v) is 8.74. The lowest BCUT2D eigenvalue weighted by Crippen LogP contribution is -2.44. The second kappa shape index (κ2) is 7.43. The molecule has 2 aliphatic heterocycles. The largest absolute Gasteiger partial charge is 0.480 e. The number of aromatic nitrogens is 2. The molecule has 1 saturated heterocycles. The van der Waals surface area contributed by atoms with Gasteiger partial charge in [0.15, 0.2) is 12.4 Å². The zero-order valence-electron chi connectivity index (χ0n) is 14.4. The van der Waals surface area contributed by atoms with Gasteiger partial charge in [0.2, 0.25) is 0 Å². The minimum Gasteiger partial charge on any atom is -0.480 e. The van der Waals surface area contributed by atoms with Crippen LogP contribution in [-0.2, 0) is 22.6 Å². The maximum absolute atomic E-state index is 13.1. The number of amides is 1. The van der Waals surface area contributed by atoms with Gasteiger partial charge in [-0.05, 0) is 17.7 Å². The van der Waals surface area contributed by atoms with Gasteiger partial charge in [-0.3, -0.25) is 9.48 Å². The smallest absolute Gasteiger partial charge is 0.260 e. The lowest BCUT2D eigenvalue weighted by Gasteiger charge is -2.33. The third kappa shape index (κ3) is 3.56. The van der Waals surface area contributed by atoms with E-state index in [1.807, 2.05) is 4.68 Å². The number of halogens is 1. The number of rotatable bonds is 4. The van der Waals surface area contributed by atoms with Crippen molar-refractivity contribution < 1.29 is 18.7 Å². The van der Waals surface area contributed by atoms with E-state index < -0.39 is 0 Å². The highest BCUT2D eigenvalue weighted by atomic mass is 19.1. The first-order chi connectivity index (χ1) is 12.7. The molecule has 0 saturated carbocycles. The summed E-state index contributed by atoms with van der Waals surface area (Å²) in [5.74, 6) is 0.267. The number of fused-ring (bicyclic) bond motifs is 1. The molecule has 7 nitrogen and oxygen atoms in total. The van der Waals surface area contributed by atoms with Crippen LogP contribution in [-0.4, -0.2) is 53.4 Å². The molecule has 2 aliphatic rings. The molecular weight excluding hydrogens is 339 g/mol. The van der Waals surface area contributed by atoms with E-state index in [1.165, 1.54) is 12.1 Å². The lowest BCUT2D eigenvalue weighted by atomic mass is 10.1. The summed E-state index contributed by atoms with van der Waals surface area (Å²) in [5.41, 5.74) is 1.83. The first-order valence-electron chi connectivity index (χ1n) is 8.74. The molecule has 1 amide bonds. The third-order valence-corrected chi connectivity index (χ3v) is 4.72. The summed E-state index contributed by atoms with van der Waals surface area (Å²) in [7, 11) is 0. The standard InChI is InChI=1S/C18H21FN4O3/c19-14-3-1-13(2-4-14)17-11-22(7-8-25-17)18(24)12-26-16-10-21-23-6-5-20-9-15(16)23/h1-4,10,17,20H,5-9,11-12H2. The Labute approximate surface area is 150 Å². The van der Waals surface area contributed by atoms with Gasteiger partial charge in [-0.2, -0.15) is 5.10 Å². The fourth-order valence-corrected chi connectivity index (χ4v) is 3.26. The Hall–Kier alpha value is -2.45. The van der Waals surface area contributed by atoms with Crippen molar-refractivity contribution in [2.45, 2.75) is 19.2 Å². The minimum absolute atomic E-state index is 0.0329. The van der Waals surface area contributed by atoms with E-state index in [0.717, 1.165) is 24.3 Å². The Morgan fingerprint density at radius 3 is 3.04 bits per heavy atom. The number of nitrogens with one attached hydrogen (secondary N) is 1. The van der Waals surface area contributed by atoms with Crippen LogP contribution in [0, 0.1) is 5.82 Å². The average molecular weight is 360 g/mol. The number of benzene rings is 1. The quantitative estimate of drug-likeness (QED) is 0.885. The predicted molar refractivity (Wildman–Crippen MR) is 91.1 cm³/mol. The van der Waals surface area contributed by atoms with Crippen LogP contribution in [0.1, 0.15) is 17.4 Å². The van der Waals surface area contributed by atoms with Crippen LogP contribution in [0.5, 0.6) is 5.75 Å². The average Bonchev–Trinajstić information content (AvgIpc) is 3.10. The Morgan fingerprint density at radius 2 is 2.19 bits per heavy atom. The Bertz CT molecular complexity index is 777. The number of carbonyl (C=O) groups is 1. The molecule has 1 aromatic heterocycles. The molecule has 8 heteroatoms. The van der Waals surface area contributed by atoms with Gasteiger partial charge in [-0.1, -0.05) is 12.1 Å².